The van der Waals surface area contributed by atoms with Crippen LogP contribution < -0.4 is 15.4 Å². The number of hydrogen-bond donors (Lipinski definition) is 2. The summed E-state index contributed by atoms with van der Waals surface area (Å²) in [4.78, 5) is 37.7. The van der Waals surface area contributed by atoms with E-state index in [0.717, 1.165) is 10.5 Å². The first-order valence-electron chi connectivity index (χ1n) is 7.93. The highest BCUT2D eigenvalue weighted by Crippen LogP contribution is 2.27. The van der Waals surface area contributed by atoms with Gasteiger partial charge in [-0.05, 0) is 18.6 Å². The Balaban J connectivity index is 2.07. The molecule has 0 radical (unpaired) electrons. The molecule has 2 N–H and O–H groups in total. The fraction of sp³-hybridized carbons (Fsp3) is 0.471. The van der Waals surface area contributed by atoms with Crippen LogP contribution in [0, 0.1) is 0 Å². The van der Waals surface area contributed by atoms with Gasteiger partial charge in [-0.3, -0.25) is 14.5 Å². The molecule has 1 aliphatic rings. The van der Waals surface area contributed by atoms with E-state index in [1.807, 2.05) is 18.2 Å². The molecule has 4 amide bonds. The van der Waals surface area contributed by atoms with Crippen LogP contribution >= 0.6 is 0 Å². The van der Waals surface area contributed by atoms with E-state index in [1.165, 1.54) is 7.11 Å². The van der Waals surface area contributed by atoms with E-state index < -0.39 is 23.4 Å². The van der Waals surface area contributed by atoms with Gasteiger partial charge in [0.15, 0.2) is 0 Å². The van der Waals surface area contributed by atoms with Gasteiger partial charge in [-0.25, -0.2) is 4.79 Å². The monoisotopic (exact) mass is 349 g/mol. The van der Waals surface area contributed by atoms with Crippen LogP contribution in [0.3, 0.4) is 0 Å². The molecule has 1 saturated heterocycles. The highest BCUT2D eigenvalue weighted by atomic mass is 16.5. The number of urea groups is 1. The number of benzene rings is 1. The quantitative estimate of drug-likeness (QED) is 0.520. The highest BCUT2D eigenvalue weighted by Gasteiger charge is 2.48. The molecule has 0 aliphatic carbocycles. The maximum Gasteiger partial charge on any atom is 0.325 e. The standard InChI is InChI=1S/C17H23N3O5/c1-17(10-12-6-4-5-7-13(12)25-3)15(22)20(16(23)19-17)11-14(21)18-8-9-24-2/h4-7H,8-11H2,1-3H3,(H,18,21)(H,19,23)/t17-/m1/s1. The largest absolute Gasteiger partial charge is 0.496 e. The van der Waals surface area contributed by atoms with Crippen molar-refractivity contribution >= 4 is 17.8 Å². The lowest BCUT2D eigenvalue weighted by atomic mass is 9.92. The number of methoxy groups -OCH3 is 2. The maximum absolute atomic E-state index is 12.7. The topological polar surface area (TPSA) is 97.0 Å². The first kappa shape index (κ1) is 18.7. The van der Waals surface area contributed by atoms with Gasteiger partial charge < -0.3 is 20.1 Å². The molecule has 136 valence electrons. The Morgan fingerprint density at radius 3 is 2.68 bits per heavy atom. The van der Waals surface area contributed by atoms with E-state index in [4.69, 9.17) is 9.47 Å². The molecule has 1 heterocycles. The molecule has 1 fully saturated rings. The van der Waals surface area contributed by atoms with Gasteiger partial charge in [0, 0.05) is 20.1 Å². The van der Waals surface area contributed by atoms with E-state index in [0.29, 0.717) is 18.9 Å². The minimum absolute atomic E-state index is 0.267. The Morgan fingerprint density at radius 2 is 2.00 bits per heavy atom. The van der Waals surface area contributed by atoms with Crippen LogP contribution in [0.5, 0.6) is 5.75 Å². The van der Waals surface area contributed by atoms with Crippen molar-refractivity contribution in [3.8, 4) is 5.75 Å². The van der Waals surface area contributed by atoms with Crippen molar-refractivity contribution < 1.29 is 23.9 Å². The second-order valence-electron chi connectivity index (χ2n) is 5.98. The lowest BCUT2D eigenvalue weighted by molar-refractivity contribution is -0.134. The summed E-state index contributed by atoms with van der Waals surface area (Å²) in [5.41, 5.74) is -0.328. The van der Waals surface area contributed by atoms with Crippen molar-refractivity contribution in [3.63, 3.8) is 0 Å². The van der Waals surface area contributed by atoms with Crippen molar-refractivity contribution in [1.29, 1.82) is 0 Å². The summed E-state index contributed by atoms with van der Waals surface area (Å²) in [7, 11) is 3.07. The first-order valence-corrected chi connectivity index (χ1v) is 7.93. The van der Waals surface area contributed by atoms with Gasteiger partial charge in [0.1, 0.15) is 17.8 Å². The zero-order valence-electron chi connectivity index (χ0n) is 14.6. The Hall–Kier alpha value is -2.61. The predicted molar refractivity (Wildman–Crippen MR) is 90.2 cm³/mol. The van der Waals surface area contributed by atoms with Crippen LogP contribution in [-0.4, -0.2) is 62.2 Å². The molecule has 0 aromatic heterocycles. The molecule has 1 aliphatic heterocycles. The van der Waals surface area contributed by atoms with E-state index >= 15 is 0 Å². The van der Waals surface area contributed by atoms with Gasteiger partial charge in [0.2, 0.25) is 5.91 Å². The molecular weight excluding hydrogens is 326 g/mol. The number of para-hydroxylation sites is 1. The van der Waals surface area contributed by atoms with Gasteiger partial charge in [0.05, 0.1) is 13.7 Å². The minimum Gasteiger partial charge on any atom is -0.496 e. The van der Waals surface area contributed by atoms with Crippen LogP contribution in [0.1, 0.15) is 12.5 Å². The number of ether oxygens (including phenoxy) is 2. The summed E-state index contributed by atoms with van der Waals surface area (Å²) in [5, 5.41) is 5.27. The SMILES string of the molecule is COCCNC(=O)CN1C(=O)N[C@](C)(Cc2ccccc2OC)C1=O. The van der Waals surface area contributed by atoms with Gasteiger partial charge in [0.25, 0.3) is 5.91 Å². The fourth-order valence-electron chi connectivity index (χ4n) is 2.73. The third kappa shape index (κ3) is 4.27. The normalized spacial score (nSPS) is 19.7. The number of carbonyl (C=O) groups is 3. The molecule has 0 unspecified atom stereocenters. The number of imide groups is 1. The second kappa shape index (κ2) is 7.98. The Morgan fingerprint density at radius 1 is 1.28 bits per heavy atom. The van der Waals surface area contributed by atoms with E-state index in [2.05, 4.69) is 10.6 Å². The zero-order chi connectivity index (χ0) is 18.4. The average Bonchev–Trinajstić information content (AvgIpc) is 2.79. The van der Waals surface area contributed by atoms with Gasteiger partial charge in [-0.1, -0.05) is 18.2 Å². The molecular formula is C17H23N3O5. The van der Waals surface area contributed by atoms with Crippen LogP contribution in [0.15, 0.2) is 24.3 Å². The summed E-state index contributed by atoms with van der Waals surface area (Å²) >= 11 is 0. The lowest BCUT2D eigenvalue weighted by Gasteiger charge is -2.22. The number of nitrogens with zero attached hydrogens (tertiary/aromatic N) is 1. The number of nitrogens with one attached hydrogen (secondary N) is 2. The number of hydrogen-bond acceptors (Lipinski definition) is 5. The predicted octanol–water partition coefficient (Wildman–Crippen LogP) is 0.311. The van der Waals surface area contributed by atoms with Crippen molar-refractivity contribution in [3.05, 3.63) is 29.8 Å². The van der Waals surface area contributed by atoms with Crippen molar-refractivity contribution in [2.45, 2.75) is 18.9 Å². The lowest BCUT2D eigenvalue weighted by Crippen LogP contribution is -2.47. The number of rotatable bonds is 8. The van der Waals surface area contributed by atoms with Crippen molar-refractivity contribution in [2.75, 3.05) is 33.9 Å². The highest BCUT2D eigenvalue weighted by molar-refractivity contribution is 6.09. The summed E-state index contributed by atoms with van der Waals surface area (Å²) in [6.07, 6.45) is 0.267. The Bertz CT molecular complexity index is 663. The molecule has 8 heteroatoms. The van der Waals surface area contributed by atoms with Crippen LogP contribution in [0.2, 0.25) is 0 Å². The third-order valence-electron chi connectivity index (χ3n) is 4.01. The summed E-state index contributed by atoms with van der Waals surface area (Å²) in [6.45, 7) is 1.99. The van der Waals surface area contributed by atoms with E-state index in [9.17, 15) is 14.4 Å². The molecule has 0 spiro atoms. The zero-order valence-corrected chi connectivity index (χ0v) is 14.6. The minimum atomic E-state index is -1.13. The molecule has 2 rings (SSSR count). The van der Waals surface area contributed by atoms with Crippen molar-refractivity contribution in [1.82, 2.24) is 15.5 Å². The van der Waals surface area contributed by atoms with E-state index in [-0.39, 0.29) is 13.0 Å². The van der Waals surface area contributed by atoms with Gasteiger partial charge >= 0.3 is 6.03 Å². The Labute approximate surface area is 146 Å². The van der Waals surface area contributed by atoms with Crippen LogP contribution in [0.25, 0.3) is 0 Å². The molecule has 1 aromatic carbocycles. The fourth-order valence-corrected chi connectivity index (χ4v) is 2.73. The maximum atomic E-state index is 12.7. The summed E-state index contributed by atoms with van der Waals surface area (Å²) in [5.74, 6) is -0.214. The van der Waals surface area contributed by atoms with Crippen LogP contribution in [0.4, 0.5) is 4.79 Å². The summed E-state index contributed by atoms with van der Waals surface area (Å²) in [6, 6.07) is 6.72. The van der Waals surface area contributed by atoms with Crippen LogP contribution in [-0.2, 0) is 20.7 Å². The third-order valence-corrected chi connectivity index (χ3v) is 4.01. The molecule has 0 bridgehead atoms. The molecule has 25 heavy (non-hydrogen) atoms. The molecule has 8 nitrogen and oxygen atoms in total. The average molecular weight is 349 g/mol. The van der Waals surface area contributed by atoms with Crippen molar-refractivity contribution in [2.24, 2.45) is 0 Å². The van der Waals surface area contributed by atoms with Gasteiger partial charge in [-0.2, -0.15) is 0 Å². The second-order valence-corrected chi connectivity index (χ2v) is 5.98. The first-order chi connectivity index (χ1) is 11.9. The molecule has 1 aromatic rings. The number of carbonyl (C=O) groups excluding carboxylic acids is 3. The number of amides is 4. The van der Waals surface area contributed by atoms with Gasteiger partial charge in [-0.15, -0.1) is 0 Å². The smallest absolute Gasteiger partial charge is 0.325 e. The van der Waals surface area contributed by atoms with E-state index in [1.54, 1.807) is 20.1 Å². The molecule has 0 saturated carbocycles. The Kier molecular flexibility index (Phi) is 5.97. The molecule has 1 atom stereocenters. The summed E-state index contributed by atoms with van der Waals surface area (Å²) < 4.78 is 10.1.